The Hall–Kier alpha value is -1.30. The van der Waals surface area contributed by atoms with Crippen molar-refractivity contribution in [1.29, 1.82) is 0 Å². The first-order valence-electron chi connectivity index (χ1n) is 6.08. The molecule has 0 aliphatic rings. The van der Waals surface area contributed by atoms with Crippen LogP contribution in [0, 0.1) is 5.82 Å². The van der Waals surface area contributed by atoms with Crippen LogP contribution in [-0.2, 0) is 6.42 Å². The van der Waals surface area contributed by atoms with Gasteiger partial charge >= 0.3 is 0 Å². The number of hydrogen-bond acceptors (Lipinski definition) is 3. The van der Waals surface area contributed by atoms with Crippen molar-refractivity contribution in [2.24, 2.45) is 0 Å². The Balaban J connectivity index is 1.84. The molecule has 0 fully saturated rings. The molecule has 1 atom stereocenters. The molecule has 0 aliphatic carbocycles. The van der Waals surface area contributed by atoms with E-state index in [2.05, 4.69) is 20.9 Å². The highest BCUT2D eigenvalue weighted by Crippen LogP contribution is 2.26. The molecule has 5 heteroatoms. The van der Waals surface area contributed by atoms with Crippen molar-refractivity contribution in [1.82, 2.24) is 4.98 Å². The topological polar surface area (TPSA) is 33.1 Å². The lowest BCUT2D eigenvalue weighted by Gasteiger charge is -2.11. The van der Waals surface area contributed by atoms with Gasteiger partial charge in [0.15, 0.2) is 0 Å². The summed E-state index contributed by atoms with van der Waals surface area (Å²) in [6, 6.07) is 8.67. The first-order valence-corrected chi connectivity index (χ1v) is 7.76. The summed E-state index contributed by atoms with van der Waals surface area (Å²) in [5.74, 6) is -0.301. The van der Waals surface area contributed by atoms with Gasteiger partial charge in [-0.1, -0.05) is 6.07 Å². The van der Waals surface area contributed by atoms with Crippen LogP contribution in [0.4, 0.5) is 4.39 Å². The number of benzene rings is 1. The number of aliphatic hydroxyl groups excluding tert-OH is 1. The molecular weight excluding hydrogens is 341 g/mol. The van der Waals surface area contributed by atoms with Crippen molar-refractivity contribution in [2.45, 2.75) is 12.5 Å². The van der Waals surface area contributed by atoms with Gasteiger partial charge in [0.2, 0.25) is 0 Å². The third kappa shape index (κ3) is 2.75. The maximum atomic E-state index is 13.2. The van der Waals surface area contributed by atoms with Crippen LogP contribution in [0.2, 0.25) is 0 Å². The van der Waals surface area contributed by atoms with Crippen LogP contribution in [-0.4, -0.2) is 10.1 Å². The maximum Gasteiger partial charge on any atom is 0.137 e. The second kappa shape index (κ2) is 5.60. The van der Waals surface area contributed by atoms with E-state index >= 15 is 0 Å². The standard InChI is InChI=1S/C15H11BrFNOS/c16-11-5-9(1-2-12(11)17)6-14(19)10-7-15-13(18-8-10)3-4-20-15/h1-5,7-8,14,19H,6H2. The molecule has 1 N–H and O–H groups in total. The summed E-state index contributed by atoms with van der Waals surface area (Å²) in [6.07, 6.45) is 1.47. The van der Waals surface area contributed by atoms with Crippen molar-refractivity contribution in [3.63, 3.8) is 0 Å². The number of aliphatic hydroxyl groups is 1. The average molecular weight is 352 g/mol. The predicted octanol–water partition coefficient (Wildman–Crippen LogP) is 4.47. The molecule has 0 saturated heterocycles. The second-order valence-corrected chi connectivity index (χ2v) is 6.34. The van der Waals surface area contributed by atoms with E-state index in [1.165, 1.54) is 6.07 Å². The zero-order valence-corrected chi connectivity index (χ0v) is 12.8. The summed E-state index contributed by atoms with van der Waals surface area (Å²) in [5.41, 5.74) is 2.59. The average Bonchev–Trinajstić information content (AvgIpc) is 2.90. The number of halogens is 2. The van der Waals surface area contributed by atoms with Crippen molar-refractivity contribution < 1.29 is 9.50 Å². The smallest absolute Gasteiger partial charge is 0.137 e. The van der Waals surface area contributed by atoms with E-state index in [0.29, 0.717) is 10.9 Å². The van der Waals surface area contributed by atoms with Gasteiger partial charge < -0.3 is 5.11 Å². The Bertz CT molecular complexity index is 758. The van der Waals surface area contributed by atoms with E-state index in [0.717, 1.165) is 21.3 Å². The Labute approximate surface area is 128 Å². The fraction of sp³-hybridized carbons (Fsp3) is 0.133. The number of aromatic nitrogens is 1. The van der Waals surface area contributed by atoms with Crippen molar-refractivity contribution in [3.05, 3.63) is 63.3 Å². The first-order chi connectivity index (χ1) is 9.63. The molecule has 0 saturated carbocycles. The van der Waals surface area contributed by atoms with Crippen LogP contribution in [0.5, 0.6) is 0 Å². The van der Waals surface area contributed by atoms with Gasteiger partial charge in [-0.05, 0) is 51.1 Å². The molecule has 3 rings (SSSR count). The highest BCUT2D eigenvalue weighted by Gasteiger charge is 2.11. The zero-order chi connectivity index (χ0) is 14.1. The number of thiophene rings is 1. The zero-order valence-electron chi connectivity index (χ0n) is 10.4. The van der Waals surface area contributed by atoms with Gasteiger partial charge in [0.25, 0.3) is 0 Å². The summed E-state index contributed by atoms with van der Waals surface area (Å²) in [7, 11) is 0. The van der Waals surface area contributed by atoms with Crippen LogP contribution in [0.1, 0.15) is 17.2 Å². The van der Waals surface area contributed by atoms with Gasteiger partial charge in [0, 0.05) is 18.2 Å². The van der Waals surface area contributed by atoms with E-state index in [-0.39, 0.29) is 5.82 Å². The summed E-state index contributed by atoms with van der Waals surface area (Å²) >= 11 is 4.75. The molecule has 2 nitrogen and oxygen atoms in total. The molecule has 0 amide bonds. The molecule has 20 heavy (non-hydrogen) atoms. The third-order valence-electron chi connectivity index (χ3n) is 3.12. The van der Waals surface area contributed by atoms with Gasteiger partial charge in [-0.2, -0.15) is 0 Å². The van der Waals surface area contributed by atoms with Crippen LogP contribution < -0.4 is 0 Å². The van der Waals surface area contributed by atoms with Gasteiger partial charge in [-0.15, -0.1) is 11.3 Å². The Morgan fingerprint density at radius 3 is 2.95 bits per heavy atom. The monoisotopic (exact) mass is 351 g/mol. The molecule has 1 unspecified atom stereocenters. The fourth-order valence-electron chi connectivity index (χ4n) is 2.05. The Morgan fingerprint density at radius 1 is 1.30 bits per heavy atom. The second-order valence-electron chi connectivity index (χ2n) is 4.54. The number of hydrogen-bond donors (Lipinski definition) is 1. The van der Waals surface area contributed by atoms with Crippen molar-refractivity contribution >= 4 is 37.5 Å². The summed E-state index contributed by atoms with van der Waals surface area (Å²) in [6.45, 7) is 0. The molecule has 0 bridgehead atoms. The molecule has 102 valence electrons. The third-order valence-corrected chi connectivity index (χ3v) is 4.58. The minimum atomic E-state index is -0.647. The van der Waals surface area contributed by atoms with E-state index in [1.54, 1.807) is 29.7 Å². The maximum absolute atomic E-state index is 13.2. The minimum Gasteiger partial charge on any atom is -0.388 e. The van der Waals surface area contributed by atoms with Gasteiger partial charge in [0.05, 0.1) is 20.8 Å². The Kier molecular flexibility index (Phi) is 3.83. The van der Waals surface area contributed by atoms with Crippen molar-refractivity contribution in [3.8, 4) is 0 Å². The van der Waals surface area contributed by atoms with Crippen LogP contribution >= 0.6 is 27.3 Å². The minimum absolute atomic E-state index is 0.301. The highest BCUT2D eigenvalue weighted by molar-refractivity contribution is 9.10. The van der Waals surface area contributed by atoms with E-state index in [1.807, 2.05) is 17.5 Å². The molecular formula is C15H11BrFNOS. The number of pyridine rings is 1. The molecule has 2 aromatic heterocycles. The fourth-order valence-corrected chi connectivity index (χ4v) is 3.27. The van der Waals surface area contributed by atoms with Crippen molar-refractivity contribution in [2.75, 3.05) is 0 Å². The molecule has 1 aromatic carbocycles. The first kappa shape index (κ1) is 13.7. The van der Waals surface area contributed by atoms with Crippen LogP contribution in [0.25, 0.3) is 10.2 Å². The lowest BCUT2D eigenvalue weighted by molar-refractivity contribution is 0.178. The summed E-state index contributed by atoms with van der Waals surface area (Å²) in [4.78, 5) is 4.32. The quantitative estimate of drug-likeness (QED) is 0.754. The normalized spacial score (nSPS) is 12.8. The van der Waals surface area contributed by atoms with Gasteiger partial charge in [-0.25, -0.2) is 4.39 Å². The van der Waals surface area contributed by atoms with Gasteiger partial charge in [-0.3, -0.25) is 4.98 Å². The molecule has 0 radical (unpaired) electrons. The largest absolute Gasteiger partial charge is 0.388 e. The molecule has 0 spiro atoms. The van der Waals surface area contributed by atoms with E-state index in [9.17, 15) is 9.50 Å². The van der Waals surface area contributed by atoms with Crippen LogP contribution in [0.15, 0.2) is 46.4 Å². The van der Waals surface area contributed by atoms with Gasteiger partial charge in [0.1, 0.15) is 5.82 Å². The SMILES string of the molecule is OC(Cc1ccc(F)c(Br)c1)c1cnc2ccsc2c1. The molecule has 3 aromatic rings. The van der Waals surface area contributed by atoms with E-state index < -0.39 is 6.10 Å². The lowest BCUT2D eigenvalue weighted by Crippen LogP contribution is -2.02. The number of nitrogens with zero attached hydrogens (tertiary/aromatic N) is 1. The molecule has 2 heterocycles. The highest BCUT2D eigenvalue weighted by atomic mass is 79.9. The summed E-state index contributed by atoms with van der Waals surface area (Å²) in [5, 5.41) is 12.3. The Morgan fingerprint density at radius 2 is 2.15 bits per heavy atom. The predicted molar refractivity (Wildman–Crippen MR) is 82.4 cm³/mol. The summed E-state index contributed by atoms with van der Waals surface area (Å²) < 4.78 is 14.6. The molecule has 0 aliphatic heterocycles. The van der Waals surface area contributed by atoms with Crippen LogP contribution in [0.3, 0.4) is 0 Å². The number of rotatable bonds is 3. The lowest BCUT2D eigenvalue weighted by atomic mass is 10.0. The van der Waals surface area contributed by atoms with E-state index in [4.69, 9.17) is 0 Å². The number of fused-ring (bicyclic) bond motifs is 1.